The van der Waals surface area contributed by atoms with Gasteiger partial charge in [-0.15, -0.1) is 0 Å². The Kier molecular flexibility index (Phi) is 6.53. The zero-order chi connectivity index (χ0) is 22.8. The van der Waals surface area contributed by atoms with E-state index >= 15 is 0 Å². The number of ether oxygens (including phenoxy) is 1. The van der Waals surface area contributed by atoms with Crippen molar-refractivity contribution in [2.45, 2.75) is 31.3 Å². The van der Waals surface area contributed by atoms with Crippen molar-refractivity contribution in [2.24, 2.45) is 0 Å². The molecule has 8 heteroatoms. The maximum Gasteiger partial charge on any atom is 0.265 e. The van der Waals surface area contributed by atoms with Crippen molar-refractivity contribution in [1.29, 1.82) is 0 Å². The van der Waals surface area contributed by atoms with Crippen LogP contribution < -0.4 is 10.1 Å². The molecule has 2 atom stereocenters. The van der Waals surface area contributed by atoms with E-state index in [2.05, 4.69) is 11.9 Å². The van der Waals surface area contributed by atoms with Crippen LogP contribution in [0.5, 0.6) is 5.75 Å². The van der Waals surface area contributed by atoms with Gasteiger partial charge in [0.25, 0.3) is 5.91 Å². The summed E-state index contributed by atoms with van der Waals surface area (Å²) in [7, 11) is 0. The van der Waals surface area contributed by atoms with Gasteiger partial charge in [0.15, 0.2) is 11.9 Å². The molecule has 1 saturated heterocycles. The molecule has 0 aromatic heterocycles. The molecule has 0 bridgehead atoms. The van der Waals surface area contributed by atoms with E-state index in [9.17, 15) is 14.4 Å². The second kappa shape index (κ2) is 9.35. The van der Waals surface area contributed by atoms with Crippen LogP contribution >= 0.6 is 23.2 Å². The van der Waals surface area contributed by atoms with Crippen molar-refractivity contribution in [3.63, 3.8) is 0 Å². The first kappa shape index (κ1) is 22.4. The number of nitrogens with zero attached hydrogens (tertiary/aromatic N) is 1. The van der Waals surface area contributed by atoms with E-state index in [1.165, 1.54) is 6.07 Å². The summed E-state index contributed by atoms with van der Waals surface area (Å²) in [5.41, 5.74) is 1.80. The van der Waals surface area contributed by atoms with Crippen LogP contribution in [-0.2, 0) is 9.59 Å². The quantitative estimate of drug-likeness (QED) is 0.677. The van der Waals surface area contributed by atoms with E-state index in [1.807, 2.05) is 12.1 Å². The molecular formula is C24H22Cl2N2O4. The van der Waals surface area contributed by atoms with Gasteiger partial charge in [0.1, 0.15) is 5.75 Å². The van der Waals surface area contributed by atoms with E-state index in [-0.39, 0.29) is 24.0 Å². The fourth-order valence-electron chi connectivity index (χ4n) is 3.99. The van der Waals surface area contributed by atoms with Crippen molar-refractivity contribution < 1.29 is 19.1 Å². The Morgan fingerprint density at radius 2 is 1.84 bits per heavy atom. The van der Waals surface area contributed by atoms with E-state index in [0.717, 1.165) is 12.0 Å². The lowest BCUT2D eigenvalue weighted by Gasteiger charge is -2.25. The summed E-state index contributed by atoms with van der Waals surface area (Å²) in [6.07, 6.45) is 0.147. The largest absolute Gasteiger partial charge is 0.479 e. The molecule has 6 nitrogen and oxygen atoms in total. The topological polar surface area (TPSA) is 75.7 Å². The highest BCUT2D eigenvalue weighted by atomic mass is 35.5. The average Bonchev–Trinajstić information content (AvgIpc) is 3.13. The molecule has 0 saturated carbocycles. The zero-order valence-corrected chi connectivity index (χ0v) is 18.8. The molecule has 2 aliphatic rings. The third kappa shape index (κ3) is 4.81. The molecule has 0 spiro atoms. The van der Waals surface area contributed by atoms with E-state index in [1.54, 1.807) is 29.2 Å². The number of carbonyl (C=O) groups excluding carboxylic acids is 3. The number of carbonyl (C=O) groups is 3. The number of hydrogen-bond acceptors (Lipinski definition) is 4. The predicted molar refractivity (Wildman–Crippen MR) is 122 cm³/mol. The summed E-state index contributed by atoms with van der Waals surface area (Å²) in [4.78, 5) is 39.5. The van der Waals surface area contributed by atoms with Gasteiger partial charge in [-0.2, -0.15) is 0 Å². The fourth-order valence-corrected chi connectivity index (χ4v) is 4.29. The summed E-state index contributed by atoms with van der Waals surface area (Å²) < 4.78 is 5.68. The van der Waals surface area contributed by atoms with Crippen LogP contribution in [0, 0.1) is 0 Å². The Morgan fingerprint density at radius 3 is 2.59 bits per heavy atom. The van der Waals surface area contributed by atoms with Gasteiger partial charge >= 0.3 is 0 Å². The molecule has 166 valence electrons. The number of nitrogens with one attached hydrogen (secondary N) is 1. The van der Waals surface area contributed by atoms with Gasteiger partial charge < -0.3 is 15.0 Å². The van der Waals surface area contributed by atoms with Crippen LogP contribution in [0.1, 0.15) is 41.1 Å². The number of Topliss-reactive ketones (excluding diaryl/α,β-unsaturated/α-hetero) is 1. The van der Waals surface area contributed by atoms with Gasteiger partial charge in [-0.3, -0.25) is 14.4 Å². The van der Waals surface area contributed by atoms with Gasteiger partial charge in [-0.25, -0.2) is 0 Å². The monoisotopic (exact) mass is 472 g/mol. The molecule has 2 amide bonds. The average molecular weight is 473 g/mol. The molecule has 1 fully saturated rings. The Hall–Kier alpha value is -2.83. The van der Waals surface area contributed by atoms with E-state index in [0.29, 0.717) is 46.6 Å². The summed E-state index contributed by atoms with van der Waals surface area (Å²) >= 11 is 11.9. The molecule has 1 N–H and O–H groups in total. The highest BCUT2D eigenvalue weighted by Crippen LogP contribution is 2.31. The number of hydrogen-bond donors (Lipinski definition) is 1. The van der Waals surface area contributed by atoms with Crippen molar-refractivity contribution in [2.75, 3.05) is 13.1 Å². The van der Waals surface area contributed by atoms with Crippen LogP contribution in [0.2, 0.25) is 10.0 Å². The number of ketones is 1. The van der Waals surface area contributed by atoms with Gasteiger partial charge in [0, 0.05) is 35.3 Å². The van der Waals surface area contributed by atoms with Gasteiger partial charge in [-0.05, 0) is 42.3 Å². The molecule has 1 unspecified atom stereocenters. The number of fused-ring (bicyclic) bond motifs is 1. The van der Waals surface area contributed by atoms with Crippen LogP contribution in [-0.4, -0.2) is 41.7 Å². The Labute approximate surface area is 196 Å². The first-order valence-electron chi connectivity index (χ1n) is 10.3. The molecule has 2 aromatic rings. The molecule has 2 heterocycles. The third-order valence-corrected chi connectivity index (χ3v) is 6.21. The standard InChI is InChI=1S/C24H22Cl2N2O4/c1-14(8-10-28-11-9-18(24(28)31)15-2-4-16(25)5-3-15)27-23(30)22-13-20(29)19-12-17(26)6-7-21(19)32-22/h2-7,12,18,22H,1,8-11,13H2,(H,27,30)/t18?,22-/m1/s1. The summed E-state index contributed by atoms with van der Waals surface area (Å²) in [5.74, 6) is -0.410. The molecular weight excluding hydrogens is 451 g/mol. The molecule has 0 aliphatic carbocycles. The Morgan fingerprint density at radius 1 is 1.12 bits per heavy atom. The van der Waals surface area contributed by atoms with Crippen LogP contribution in [0.15, 0.2) is 54.7 Å². The first-order valence-corrected chi connectivity index (χ1v) is 11.1. The third-order valence-electron chi connectivity index (χ3n) is 5.73. The summed E-state index contributed by atoms with van der Waals surface area (Å²) in [6.45, 7) is 4.99. The molecule has 32 heavy (non-hydrogen) atoms. The Balaban J connectivity index is 1.28. The van der Waals surface area contributed by atoms with Gasteiger partial charge in [-0.1, -0.05) is 41.9 Å². The number of halogens is 2. The number of benzene rings is 2. The van der Waals surface area contributed by atoms with Crippen molar-refractivity contribution in [3.05, 3.63) is 75.9 Å². The summed E-state index contributed by atoms with van der Waals surface area (Å²) in [6, 6.07) is 12.1. The minimum absolute atomic E-state index is 0.0583. The Bertz CT molecular complexity index is 1080. The molecule has 4 rings (SSSR count). The van der Waals surface area contributed by atoms with E-state index < -0.39 is 12.0 Å². The molecule has 2 aliphatic heterocycles. The second-order valence-electron chi connectivity index (χ2n) is 7.94. The molecule has 2 aromatic carbocycles. The number of amides is 2. The number of likely N-dealkylation sites (tertiary alicyclic amines) is 1. The van der Waals surface area contributed by atoms with Gasteiger partial charge in [0.05, 0.1) is 17.9 Å². The minimum Gasteiger partial charge on any atom is -0.479 e. The zero-order valence-electron chi connectivity index (χ0n) is 17.3. The lowest BCUT2D eigenvalue weighted by molar-refractivity contribution is -0.128. The van der Waals surface area contributed by atoms with Crippen LogP contribution in [0.25, 0.3) is 0 Å². The van der Waals surface area contributed by atoms with E-state index in [4.69, 9.17) is 27.9 Å². The molecule has 0 radical (unpaired) electrons. The van der Waals surface area contributed by atoms with Crippen LogP contribution in [0.3, 0.4) is 0 Å². The maximum absolute atomic E-state index is 12.8. The lowest BCUT2D eigenvalue weighted by atomic mass is 9.98. The first-order chi connectivity index (χ1) is 15.3. The SMILES string of the molecule is C=C(CCN1CCC(c2ccc(Cl)cc2)C1=O)NC(=O)[C@H]1CC(=O)c2cc(Cl)ccc2O1. The smallest absolute Gasteiger partial charge is 0.265 e. The normalized spacial score (nSPS) is 20.0. The van der Waals surface area contributed by atoms with Crippen molar-refractivity contribution >= 4 is 40.8 Å². The second-order valence-corrected chi connectivity index (χ2v) is 8.81. The fraction of sp³-hybridized carbons (Fsp3) is 0.292. The highest BCUT2D eigenvalue weighted by molar-refractivity contribution is 6.31. The van der Waals surface area contributed by atoms with Gasteiger partial charge in [0.2, 0.25) is 5.91 Å². The lowest BCUT2D eigenvalue weighted by Crippen LogP contribution is -2.42. The summed E-state index contributed by atoms with van der Waals surface area (Å²) in [5, 5.41) is 3.79. The van der Waals surface area contributed by atoms with Crippen LogP contribution in [0.4, 0.5) is 0 Å². The number of rotatable bonds is 6. The van der Waals surface area contributed by atoms with Crippen molar-refractivity contribution in [3.8, 4) is 5.75 Å². The predicted octanol–water partition coefficient (Wildman–Crippen LogP) is 4.36. The highest BCUT2D eigenvalue weighted by Gasteiger charge is 2.34. The maximum atomic E-state index is 12.8. The van der Waals surface area contributed by atoms with Crippen molar-refractivity contribution in [1.82, 2.24) is 10.2 Å². The minimum atomic E-state index is -0.935.